The number of rotatable bonds is 8. The maximum absolute atomic E-state index is 9.08. The van der Waals surface area contributed by atoms with Gasteiger partial charge in [0.2, 0.25) is 0 Å². The first-order valence-electron chi connectivity index (χ1n) is 5.74. The van der Waals surface area contributed by atoms with Gasteiger partial charge in [0.1, 0.15) is 0 Å². The van der Waals surface area contributed by atoms with Crippen molar-refractivity contribution in [2.24, 2.45) is 5.41 Å². The predicted molar refractivity (Wildman–Crippen MR) is 60.8 cm³/mol. The molecular formula is C11H24N2O2. The van der Waals surface area contributed by atoms with Crippen LogP contribution in [0.25, 0.3) is 0 Å². The minimum atomic E-state index is -0.391. The van der Waals surface area contributed by atoms with Crippen LogP contribution < -0.4 is 5.32 Å². The molecule has 0 aromatic carbocycles. The summed E-state index contributed by atoms with van der Waals surface area (Å²) in [6.07, 6.45) is 2.67. The largest absolute Gasteiger partial charge is 0.396 e. The second kappa shape index (κ2) is 5.80. The van der Waals surface area contributed by atoms with Crippen molar-refractivity contribution in [2.75, 3.05) is 39.9 Å². The zero-order valence-corrected chi connectivity index (χ0v) is 9.87. The summed E-state index contributed by atoms with van der Waals surface area (Å²) in [6.45, 7) is 4.55. The minimum Gasteiger partial charge on any atom is -0.396 e. The topological polar surface area (TPSA) is 55.7 Å². The van der Waals surface area contributed by atoms with Gasteiger partial charge in [-0.2, -0.15) is 0 Å². The Labute approximate surface area is 92.3 Å². The molecule has 1 saturated carbocycles. The van der Waals surface area contributed by atoms with E-state index in [-0.39, 0.29) is 13.2 Å². The standard InChI is InChI=1S/C11H24N2O2/c1-11(8-14,9-15)7-12-5-6-13(2)10-3-4-10/h10,12,14-15H,3-9H2,1-2H3. The Bertz CT molecular complexity index is 179. The molecule has 0 heterocycles. The van der Waals surface area contributed by atoms with Crippen molar-refractivity contribution < 1.29 is 10.2 Å². The molecule has 90 valence electrons. The molecule has 0 saturated heterocycles. The van der Waals surface area contributed by atoms with Crippen LogP contribution in [0.5, 0.6) is 0 Å². The van der Waals surface area contributed by atoms with Gasteiger partial charge in [0.25, 0.3) is 0 Å². The molecule has 0 spiro atoms. The highest BCUT2D eigenvalue weighted by atomic mass is 16.3. The fraction of sp³-hybridized carbons (Fsp3) is 1.00. The number of nitrogens with zero attached hydrogens (tertiary/aromatic N) is 1. The molecule has 0 bridgehead atoms. The molecule has 1 aliphatic carbocycles. The third-order valence-corrected chi connectivity index (χ3v) is 3.13. The summed E-state index contributed by atoms with van der Waals surface area (Å²) in [4.78, 5) is 2.36. The number of hydrogen-bond donors (Lipinski definition) is 3. The van der Waals surface area contributed by atoms with Gasteiger partial charge < -0.3 is 20.4 Å². The van der Waals surface area contributed by atoms with Crippen LogP contribution >= 0.6 is 0 Å². The highest BCUT2D eigenvalue weighted by Crippen LogP contribution is 2.24. The van der Waals surface area contributed by atoms with E-state index < -0.39 is 5.41 Å². The molecule has 15 heavy (non-hydrogen) atoms. The second-order valence-corrected chi connectivity index (χ2v) is 5.02. The summed E-state index contributed by atoms with van der Waals surface area (Å²) in [5, 5.41) is 21.4. The lowest BCUT2D eigenvalue weighted by Crippen LogP contribution is -2.40. The number of likely N-dealkylation sites (N-methyl/N-ethyl adjacent to an activating group) is 1. The molecule has 0 aromatic rings. The molecule has 0 unspecified atom stereocenters. The van der Waals surface area contributed by atoms with Gasteiger partial charge in [0.05, 0.1) is 13.2 Å². The van der Waals surface area contributed by atoms with E-state index in [0.717, 1.165) is 19.1 Å². The molecule has 0 atom stereocenters. The third-order valence-electron chi connectivity index (χ3n) is 3.13. The van der Waals surface area contributed by atoms with Gasteiger partial charge in [0.15, 0.2) is 0 Å². The van der Waals surface area contributed by atoms with Gasteiger partial charge in [-0.1, -0.05) is 6.92 Å². The molecule has 0 aromatic heterocycles. The first-order valence-corrected chi connectivity index (χ1v) is 5.74. The van der Waals surface area contributed by atoms with E-state index in [0.29, 0.717) is 6.54 Å². The third kappa shape index (κ3) is 4.47. The van der Waals surface area contributed by atoms with Crippen LogP contribution in [0.2, 0.25) is 0 Å². The van der Waals surface area contributed by atoms with E-state index in [9.17, 15) is 0 Å². The fourth-order valence-electron chi connectivity index (χ4n) is 1.51. The number of hydrogen-bond acceptors (Lipinski definition) is 4. The SMILES string of the molecule is CN(CCNCC(C)(CO)CO)C1CC1. The Balaban J connectivity index is 2.04. The number of aliphatic hydroxyl groups is 2. The summed E-state index contributed by atoms with van der Waals surface area (Å²) >= 11 is 0. The van der Waals surface area contributed by atoms with Crippen LogP contribution in [-0.4, -0.2) is 61.1 Å². The maximum Gasteiger partial charge on any atom is 0.0518 e. The Kier molecular flexibility index (Phi) is 4.99. The molecule has 0 amide bonds. The Morgan fingerprint density at radius 1 is 1.33 bits per heavy atom. The van der Waals surface area contributed by atoms with Crippen molar-refractivity contribution in [1.29, 1.82) is 0 Å². The van der Waals surface area contributed by atoms with Crippen LogP contribution in [-0.2, 0) is 0 Å². The van der Waals surface area contributed by atoms with Crippen molar-refractivity contribution in [3.8, 4) is 0 Å². The van der Waals surface area contributed by atoms with Gasteiger partial charge >= 0.3 is 0 Å². The highest BCUT2D eigenvalue weighted by Gasteiger charge is 2.26. The summed E-state index contributed by atoms with van der Waals surface area (Å²) in [5.74, 6) is 0. The maximum atomic E-state index is 9.08. The minimum absolute atomic E-state index is 0.0228. The Hall–Kier alpha value is -0.160. The molecule has 1 rings (SSSR count). The highest BCUT2D eigenvalue weighted by molar-refractivity contribution is 4.83. The van der Waals surface area contributed by atoms with Crippen LogP contribution in [0.15, 0.2) is 0 Å². The first kappa shape index (κ1) is 12.9. The molecule has 0 aliphatic heterocycles. The number of aliphatic hydroxyl groups excluding tert-OH is 2. The fourth-order valence-corrected chi connectivity index (χ4v) is 1.51. The van der Waals surface area contributed by atoms with E-state index in [2.05, 4.69) is 17.3 Å². The van der Waals surface area contributed by atoms with Gasteiger partial charge in [-0.25, -0.2) is 0 Å². The molecule has 3 N–H and O–H groups in total. The molecular weight excluding hydrogens is 192 g/mol. The summed E-state index contributed by atoms with van der Waals surface area (Å²) in [5.41, 5.74) is -0.391. The van der Waals surface area contributed by atoms with Crippen molar-refractivity contribution in [3.63, 3.8) is 0 Å². The van der Waals surface area contributed by atoms with E-state index >= 15 is 0 Å². The average molecular weight is 216 g/mol. The van der Waals surface area contributed by atoms with Crippen molar-refractivity contribution >= 4 is 0 Å². The van der Waals surface area contributed by atoms with Crippen LogP contribution in [0.4, 0.5) is 0 Å². The second-order valence-electron chi connectivity index (χ2n) is 5.02. The summed E-state index contributed by atoms with van der Waals surface area (Å²) < 4.78 is 0. The molecule has 4 heteroatoms. The molecule has 1 fully saturated rings. The van der Waals surface area contributed by atoms with Crippen molar-refractivity contribution in [3.05, 3.63) is 0 Å². The predicted octanol–water partition coefficient (Wildman–Crippen LogP) is -0.339. The first-order chi connectivity index (χ1) is 7.11. The zero-order valence-electron chi connectivity index (χ0n) is 9.87. The van der Waals surface area contributed by atoms with E-state index in [1.165, 1.54) is 12.8 Å². The molecule has 4 nitrogen and oxygen atoms in total. The van der Waals surface area contributed by atoms with Crippen molar-refractivity contribution in [1.82, 2.24) is 10.2 Å². The quantitative estimate of drug-likeness (QED) is 0.486. The lowest BCUT2D eigenvalue weighted by Gasteiger charge is -2.25. The average Bonchev–Trinajstić information content (AvgIpc) is 3.07. The van der Waals surface area contributed by atoms with Crippen LogP contribution in [0, 0.1) is 5.41 Å². The lowest BCUT2D eigenvalue weighted by molar-refractivity contribution is 0.0694. The lowest BCUT2D eigenvalue weighted by atomic mass is 9.93. The molecule has 1 aliphatic rings. The normalized spacial score (nSPS) is 17.4. The van der Waals surface area contributed by atoms with Gasteiger partial charge in [-0.3, -0.25) is 0 Å². The van der Waals surface area contributed by atoms with Crippen LogP contribution in [0.1, 0.15) is 19.8 Å². The Morgan fingerprint density at radius 3 is 2.40 bits per heavy atom. The molecule has 0 radical (unpaired) electrons. The number of nitrogens with one attached hydrogen (secondary N) is 1. The Morgan fingerprint density at radius 2 is 1.93 bits per heavy atom. The monoisotopic (exact) mass is 216 g/mol. The van der Waals surface area contributed by atoms with Crippen molar-refractivity contribution in [2.45, 2.75) is 25.8 Å². The van der Waals surface area contributed by atoms with Gasteiger partial charge in [0, 0.05) is 31.1 Å². The summed E-state index contributed by atoms with van der Waals surface area (Å²) in [7, 11) is 2.15. The smallest absolute Gasteiger partial charge is 0.0518 e. The van der Waals surface area contributed by atoms with Crippen LogP contribution in [0.3, 0.4) is 0 Å². The van der Waals surface area contributed by atoms with Gasteiger partial charge in [-0.05, 0) is 19.9 Å². The van der Waals surface area contributed by atoms with E-state index in [4.69, 9.17) is 10.2 Å². The van der Waals surface area contributed by atoms with E-state index in [1.807, 2.05) is 6.92 Å². The summed E-state index contributed by atoms with van der Waals surface area (Å²) in [6, 6.07) is 0.800. The zero-order chi connectivity index (χ0) is 11.3. The van der Waals surface area contributed by atoms with E-state index in [1.54, 1.807) is 0 Å². The van der Waals surface area contributed by atoms with Gasteiger partial charge in [-0.15, -0.1) is 0 Å².